The highest BCUT2D eigenvalue weighted by atomic mass is 35.5. The van der Waals surface area contributed by atoms with Crippen molar-refractivity contribution in [2.45, 2.75) is 20.8 Å². The first-order valence-corrected chi connectivity index (χ1v) is 9.05. The van der Waals surface area contributed by atoms with E-state index < -0.39 is 11.9 Å². The minimum Gasteiger partial charge on any atom is -0.494 e. The summed E-state index contributed by atoms with van der Waals surface area (Å²) < 4.78 is 10.8. The Morgan fingerprint density at radius 2 is 1.68 bits per heavy atom. The van der Waals surface area contributed by atoms with Gasteiger partial charge in [-0.2, -0.15) is 0 Å². The maximum absolute atomic E-state index is 12.1. The second-order valence-electron chi connectivity index (χ2n) is 6.07. The number of carbonyl (C=O) groups excluding carboxylic acids is 1. The number of hydrogen-bond acceptors (Lipinski definition) is 4. The highest BCUT2D eigenvalue weighted by Gasteiger charge is 2.13. The first-order valence-electron chi connectivity index (χ1n) is 8.67. The van der Waals surface area contributed by atoms with E-state index in [1.807, 2.05) is 20.8 Å². The van der Waals surface area contributed by atoms with Crippen LogP contribution in [0.2, 0.25) is 5.02 Å². The minimum absolute atomic E-state index is 0.249. The Morgan fingerprint density at radius 3 is 2.21 bits per heavy atom. The van der Waals surface area contributed by atoms with Gasteiger partial charge in [-0.3, -0.25) is 4.79 Å². The summed E-state index contributed by atoms with van der Waals surface area (Å²) >= 11 is 6.10. The second kappa shape index (κ2) is 9.80. The molecule has 0 saturated heterocycles. The lowest BCUT2D eigenvalue weighted by molar-refractivity contribution is -0.134. The number of nitrogens with one attached hydrogen (secondary N) is 1. The first kappa shape index (κ1) is 21.3. The molecular weight excluding hydrogens is 382 g/mol. The maximum Gasteiger partial charge on any atom is 0.352 e. The van der Waals surface area contributed by atoms with Crippen LogP contribution < -0.4 is 14.8 Å². The standard InChI is InChI=1S/C21H22ClNO5/c1-4-27-16-7-5-15(6-8-16)11-18(21(25)26)23-19(24)12-28-17-9-13(2)20(22)14(3)10-17/h5-11H,4,12H2,1-3H3,(H,23,24)(H,25,26)/b18-11+. The molecule has 0 unspecified atom stereocenters. The van der Waals surface area contributed by atoms with Crippen molar-refractivity contribution >= 4 is 29.6 Å². The van der Waals surface area contributed by atoms with E-state index in [0.29, 0.717) is 28.7 Å². The number of halogens is 1. The van der Waals surface area contributed by atoms with Gasteiger partial charge in [0.15, 0.2) is 6.61 Å². The monoisotopic (exact) mass is 403 g/mol. The van der Waals surface area contributed by atoms with Crippen LogP contribution in [0, 0.1) is 13.8 Å². The molecule has 0 aliphatic rings. The molecule has 28 heavy (non-hydrogen) atoms. The second-order valence-corrected chi connectivity index (χ2v) is 6.45. The van der Waals surface area contributed by atoms with Crippen molar-refractivity contribution in [2.75, 3.05) is 13.2 Å². The van der Waals surface area contributed by atoms with Crippen molar-refractivity contribution in [3.63, 3.8) is 0 Å². The number of rotatable bonds is 8. The SMILES string of the molecule is CCOc1ccc(/C=C(/NC(=O)COc2cc(C)c(Cl)c(C)c2)C(=O)O)cc1. The van der Waals surface area contributed by atoms with Gasteiger partial charge in [-0.1, -0.05) is 23.7 Å². The molecule has 0 aromatic heterocycles. The summed E-state index contributed by atoms with van der Waals surface area (Å²) in [6.45, 7) is 5.77. The molecule has 0 fully saturated rings. The van der Waals surface area contributed by atoms with Gasteiger partial charge in [0.05, 0.1) is 6.61 Å². The third-order valence-corrected chi connectivity index (χ3v) is 4.38. The smallest absolute Gasteiger partial charge is 0.352 e. The van der Waals surface area contributed by atoms with Crippen LogP contribution in [0.4, 0.5) is 0 Å². The Kier molecular flexibility index (Phi) is 7.46. The third-order valence-electron chi connectivity index (χ3n) is 3.79. The van der Waals surface area contributed by atoms with Crippen molar-refractivity contribution in [1.82, 2.24) is 5.32 Å². The molecule has 0 atom stereocenters. The number of hydrogen-bond donors (Lipinski definition) is 2. The van der Waals surface area contributed by atoms with Gasteiger partial charge in [-0.15, -0.1) is 0 Å². The zero-order valence-electron chi connectivity index (χ0n) is 15.9. The number of carboxylic acids is 1. The molecule has 7 heteroatoms. The molecule has 0 heterocycles. The molecule has 2 N–H and O–H groups in total. The van der Waals surface area contributed by atoms with Crippen molar-refractivity contribution in [2.24, 2.45) is 0 Å². The molecule has 2 aromatic carbocycles. The van der Waals surface area contributed by atoms with E-state index in [1.54, 1.807) is 36.4 Å². The molecule has 148 valence electrons. The summed E-state index contributed by atoms with van der Waals surface area (Å²) in [5.74, 6) is -0.658. The predicted molar refractivity (Wildman–Crippen MR) is 108 cm³/mol. The maximum atomic E-state index is 12.1. The van der Waals surface area contributed by atoms with Crippen molar-refractivity contribution in [3.8, 4) is 11.5 Å². The van der Waals surface area contributed by atoms with E-state index in [9.17, 15) is 14.7 Å². The van der Waals surface area contributed by atoms with Gasteiger partial charge in [0.25, 0.3) is 5.91 Å². The zero-order chi connectivity index (χ0) is 20.7. The molecule has 0 spiro atoms. The number of amides is 1. The molecule has 0 aliphatic heterocycles. The fraction of sp³-hybridized carbons (Fsp3) is 0.238. The summed E-state index contributed by atoms with van der Waals surface area (Å²) in [5.41, 5.74) is 2.03. The molecule has 0 saturated carbocycles. The normalized spacial score (nSPS) is 11.1. The van der Waals surface area contributed by atoms with Gasteiger partial charge in [-0.05, 0) is 67.8 Å². The van der Waals surface area contributed by atoms with Gasteiger partial charge in [0, 0.05) is 5.02 Å². The van der Waals surface area contributed by atoms with Crippen LogP contribution in [0.3, 0.4) is 0 Å². The summed E-state index contributed by atoms with van der Waals surface area (Å²) in [6, 6.07) is 10.3. The lowest BCUT2D eigenvalue weighted by Crippen LogP contribution is -2.31. The van der Waals surface area contributed by atoms with Crippen LogP contribution in [0.1, 0.15) is 23.6 Å². The Hall–Kier alpha value is -2.99. The minimum atomic E-state index is -1.25. The Labute approximate surface area is 168 Å². The summed E-state index contributed by atoms with van der Waals surface area (Å²) in [7, 11) is 0. The fourth-order valence-electron chi connectivity index (χ4n) is 2.47. The highest BCUT2D eigenvalue weighted by molar-refractivity contribution is 6.32. The largest absolute Gasteiger partial charge is 0.494 e. The molecule has 2 rings (SSSR count). The van der Waals surface area contributed by atoms with Crippen molar-refractivity contribution in [1.29, 1.82) is 0 Å². The Balaban J connectivity index is 2.03. The number of ether oxygens (including phenoxy) is 2. The van der Waals surface area contributed by atoms with Crippen LogP contribution in [0.25, 0.3) is 6.08 Å². The summed E-state index contributed by atoms with van der Waals surface area (Å²) in [4.78, 5) is 23.6. The lowest BCUT2D eigenvalue weighted by Gasteiger charge is -2.11. The molecule has 1 amide bonds. The van der Waals surface area contributed by atoms with Gasteiger partial charge in [0.1, 0.15) is 17.2 Å². The number of aryl methyl sites for hydroxylation is 2. The van der Waals surface area contributed by atoms with Crippen LogP contribution in [-0.2, 0) is 9.59 Å². The van der Waals surface area contributed by atoms with Crippen LogP contribution in [0.5, 0.6) is 11.5 Å². The fourth-order valence-corrected chi connectivity index (χ4v) is 2.58. The summed E-state index contributed by atoms with van der Waals surface area (Å²) in [5, 5.41) is 12.3. The number of aliphatic carboxylic acids is 1. The lowest BCUT2D eigenvalue weighted by atomic mass is 10.1. The van der Waals surface area contributed by atoms with E-state index in [1.165, 1.54) is 6.08 Å². The molecule has 0 bridgehead atoms. The molecule has 0 radical (unpaired) electrons. The Morgan fingerprint density at radius 1 is 1.07 bits per heavy atom. The van der Waals surface area contributed by atoms with Crippen molar-refractivity contribution < 1.29 is 24.2 Å². The molecule has 2 aromatic rings. The van der Waals surface area contributed by atoms with Crippen LogP contribution in [0.15, 0.2) is 42.1 Å². The predicted octanol–water partition coefficient (Wildman–Crippen LogP) is 3.98. The topological polar surface area (TPSA) is 84.9 Å². The van der Waals surface area contributed by atoms with Gasteiger partial charge >= 0.3 is 5.97 Å². The van der Waals surface area contributed by atoms with Gasteiger partial charge in [-0.25, -0.2) is 4.79 Å². The van der Waals surface area contributed by atoms with Gasteiger partial charge < -0.3 is 19.9 Å². The molecule has 6 nitrogen and oxygen atoms in total. The first-order chi connectivity index (χ1) is 13.3. The number of carbonyl (C=O) groups is 2. The number of benzene rings is 2. The third kappa shape index (κ3) is 6.03. The average Bonchev–Trinajstić information content (AvgIpc) is 2.65. The van der Waals surface area contributed by atoms with E-state index >= 15 is 0 Å². The number of carboxylic acid groups (broad SMARTS) is 1. The van der Waals surface area contributed by atoms with Gasteiger partial charge in [0.2, 0.25) is 0 Å². The summed E-state index contributed by atoms with van der Waals surface area (Å²) in [6.07, 6.45) is 1.37. The molecule has 0 aliphatic carbocycles. The van der Waals surface area contributed by atoms with Crippen molar-refractivity contribution in [3.05, 3.63) is 63.8 Å². The van der Waals surface area contributed by atoms with Crippen LogP contribution >= 0.6 is 11.6 Å². The van der Waals surface area contributed by atoms with E-state index in [2.05, 4.69) is 5.32 Å². The zero-order valence-corrected chi connectivity index (χ0v) is 16.7. The quantitative estimate of drug-likeness (QED) is 0.651. The van der Waals surface area contributed by atoms with E-state index in [-0.39, 0.29) is 12.3 Å². The highest BCUT2D eigenvalue weighted by Crippen LogP contribution is 2.25. The van der Waals surface area contributed by atoms with E-state index in [4.69, 9.17) is 21.1 Å². The Bertz CT molecular complexity index is 867. The van der Waals surface area contributed by atoms with Crippen LogP contribution in [-0.4, -0.2) is 30.2 Å². The molecular formula is C21H22ClNO5. The average molecular weight is 404 g/mol. The van der Waals surface area contributed by atoms with E-state index in [0.717, 1.165) is 11.1 Å².